The minimum atomic E-state index is -7.31. The van der Waals surface area contributed by atoms with Gasteiger partial charge >= 0.3 is 29.9 Å². The summed E-state index contributed by atoms with van der Waals surface area (Å²) in [6.07, 6.45) is -2.43. The van der Waals surface area contributed by atoms with Crippen LogP contribution in [0, 0.1) is 0 Å². The molecular formula is C17H24F11I. The lowest BCUT2D eigenvalue weighted by Gasteiger charge is -2.37. The molecule has 0 saturated heterocycles. The van der Waals surface area contributed by atoms with Crippen LogP contribution in [0.2, 0.25) is 0 Å². The Kier molecular flexibility index (Phi) is 11.0. The second-order valence-electron chi connectivity index (χ2n) is 6.99. The summed E-state index contributed by atoms with van der Waals surface area (Å²) < 4.78 is 141. The third-order valence-electron chi connectivity index (χ3n) is 4.45. The van der Waals surface area contributed by atoms with Gasteiger partial charge in [0, 0.05) is 10.3 Å². The van der Waals surface area contributed by atoms with Crippen molar-refractivity contribution < 1.29 is 48.3 Å². The maximum absolute atomic E-state index is 13.7. The zero-order chi connectivity index (χ0) is 23.1. The van der Waals surface area contributed by atoms with Crippen LogP contribution in [0.5, 0.6) is 0 Å². The molecule has 0 spiro atoms. The van der Waals surface area contributed by atoms with Gasteiger partial charge in [-0.15, -0.1) is 0 Å². The summed E-state index contributed by atoms with van der Waals surface area (Å²) in [6.45, 7) is 2.04. The first-order chi connectivity index (χ1) is 13.0. The average Bonchev–Trinajstić information content (AvgIpc) is 2.55. The minimum absolute atomic E-state index is 0.0809. The van der Waals surface area contributed by atoms with Crippen molar-refractivity contribution in [1.29, 1.82) is 0 Å². The molecule has 0 aliphatic rings. The lowest BCUT2D eigenvalue weighted by atomic mass is 9.94. The van der Waals surface area contributed by atoms with Gasteiger partial charge in [0.15, 0.2) is 0 Å². The molecule has 176 valence electrons. The number of hydrogen-bond acceptors (Lipinski definition) is 0. The van der Waals surface area contributed by atoms with Gasteiger partial charge in [-0.2, -0.15) is 48.3 Å². The molecule has 0 rings (SSSR count). The summed E-state index contributed by atoms with van der Waals surface area (Å²) in [5, 5.41) is 0. The highest BCUT2D eigenvalue weighted by Gasteiger charge is 2.86. The zero-order valence-corrected chi connectivity index (χ0v) is 17.8. The van der Waals surface area contributed by atoms with Gasteiger partial charge in [0.25, 0.3) is 0 Å². The Morgan fingerprint density at radius 3 is 1.41 bits per heavy atom. The monoisotopic (exact) mass is 564 g/mol. The van der Waals surface area contributed by atoms with Crippen LogP contribution in [0.4, 0.5) is 48.3 Å². The third-order valence-corrected chi connectivity index (χ3v) is 5.52. The number of rotatable bonds is 14. The quantitative estimate of drug-likeness (QED) is 0.0857. The summed E-state index contributed by atoms with van der Waals surface area (Å²) in [5.74, 6) is -27.3. The summed E-state index contributed by atoms with van der Waals surface area (Å²) in [5.41, 5.74) is 0. The molecule has 0 aromatic heterocycles. The van der Waals surface area contributed by atoms with E-state index in [1.807, 2.05) is 6.92 Å². The maximum Gasteiger partial charge on any atom is 0.460 e. The van der Waals surface area contributed by atoms with E-state index in [0.717, 1.165) is 38.5 Å². The average molecular weight is 564 g/mol. The Morgan fingerprint density at radius 2 is 1.00 bits per heavy atom. The highest BCUT2D eigenvalue weighted by atomic mass is 127. The van der Waals surface area contributed by atoms with E-state index in [9.17, 15) is 48.3 Å². The number of hydrogen-bond donors (Lipinski definition) is 0. The normalized spacial score (nSPS) is 15.6. The predicted molar refractivity (Wildman–Crippen MR) is 95.5 cm³/mol. The first-order valence-corrected chi connectivity index (χ1v) is 10.4. The Hall–Kier alpha value is -0.0400. The Balaban J connectivity index is 4.81. The second-order valence-corrected chi connectivity index (χ2v) is 8.75. The molecule has 0 saturated carbocycles. The molecule has 0 aliphatic heterocycles. The van der Waals surface area contributed by atoms with Crippen LogP contribution in [-0.4, -0.2) is 33.8 Å². The van der Waals surface area contributed by atoms with Crippen LogP contribution < -0.4 is 0 Å². The highest BCUT2D eigenvalue weighted by molar-refractivity contribution is 14.1. The van der Waals surface area contributed by atoms with Gasteiger partial charge in [-0.05, 0) is 6.42 Å². The van der Waals surface area contributed by atoms with Crippen LogP contribution in [0.25, 0.3) is 0 Å². The molecule has 0 aromatic carbocycles. The SMILES string of the molecule is CCCCCCCCCCC(I)CC(F)(F)C(F)(F)C(F)(F)C(F)(F)C(F)(F)F. The van der Waals surface area contributed by atoms with E-state index in [2.05, 4.69) is 0 Å². The predicted octanol–water partition coefficient (Wildman–Crippen LogP) is 8.81. The maximum atomic E-state index is 13.7. The summed E-state index contributed by atoms with van der Waals surface area (Å²) in [6, 6.07) is 0. The number of unbranched alkanes of at least 4 members (excludes halogenated alkanes) is 7. The lowest BCUT2D eigenvalue weighted by molar-refractivity contribution is -0.422. The first-order valence-electron chi connectivity index (χ1n) is 9.17. The fourth-order valence-electron chi connectivity index (χ4n) is 2.61. The van der Waals surface area contributed by atoms with E-state index in [-0.39, 0.29) is 6.42 Å². The Labute approximate surface area is 176 Å². The molecule has 1 atom stereocenters. The molecule has 0 bridgehead atoms. The summed E-state index contributed by atoms with van der Waals surface area (Å²) in [7, 11) is 0. The van der Waals surface area contributed by atoms with Crippen LogP contribution in [0.1, 0.15) is 71.1 Å². The lowest BCUT2D eigenvalue weighted by Crippen LogP contribution is -2.66. The van der Waals surface area contributed by atoms with Crippen molar-refractivity contribution >= 4 is 22.6 Å². The van der Waals surface area contributed by atoms with E-state index in [1.165, 1.54) is 22.6 Å². The van der Waals surface area contributed by atoms with Crippen molar-refractivity contribution in [2.45, 2.75) is 105 Å². The Morgan fingerprint density at radius 1 is 0.586 bits per heavy atom. The van der Waals surface area contributed by atoms with Crippen molar-refractivity contribution in [3.05, 3.63) is 0 Å². The molecular weight excluding hydrogens is 540 g/mol. The smallest absolute Gasteiger partial charge is 0.200 e. The van der Waals surface area contributed by atoms with Gasteiger partial charge in [0.2, 0.25) is 0 Å². The standard InChI is InChI=1S/C17H24F11I/c1-2-3-4-5-6-7-8-9-10-12(29)11-13(18,19)14(20,21)15(22,23)16(24,25)17(26,27)28/h12H,2-11H2,1H3. The van der Waals surface area contributed by atoms with Crippen molar-refractivity contribution in [2.75, 3.05) is 0 Å². The van der Waals surface area contributed by atoms with Crippen LogP contribution in [0.3, 0.4) is 0 Å². The molecule has 0 aromatic rings. The van der Waals surface area contributed by atoms with Crippen LogP contribution in [0.15, 0.2) is 0 Å². The topological polar surface area (TPSA) is 0 Å². The van der Waals surface area contributed by atoms with Gasteiger partial charge in [0.1, 0.15) is 0 Å². The van der Waals surface area contributed by atoms with E-state index in [1.54, 1.807) is 0 Å². The molecule has 0 fully saturated rings. The fourth-order valence-corrected chi connectivity index (χ4v) is 3.61. The minimum Gasteiger partial charge on any atom is -0.200 e. The van der Waals surface area contributed by atoms with Crippen molar-refractivity contribution in [3.8, 4) is 0 Å². The molecule has 29 heavy (non-hydrogen) atoms. The molecule has 0 N–H and O–H groups in total. The van der Waals surface area contributed by atoms with Gasteiger partial charge in [0.05, 0.1) is 0 Å². The van der Waals surface area contributed by atoms with Gasteiger partial charge in [-0.3, -0.25) is 0 Å². The van der Waals surface area contributed by atoms with Crippen LogP contribution in [-0.2, 0) is 0 Å². The van der Waals surface area contributed by atoms with Gasteiger partial charge in [-0.25, -0.2) is 0 Å². The summed E-state index contributed by atoms with van der Waals surface area (Å²) in [4.78, 5) is 0. The largest absolute Gasteiger partial charge is 0.460 e. The van der Waals surface area contributed by atoms with E-state index >= 15 is 0 Å². The van der Waals surface area contributed by atoms with Gasteiger partial charge < -0.3 is 0 Å². The van der Waals surface area contributed by atoms with Gasteiger partial charge in [-0.1, -0.05) is 80.9 Å². The second kappa shape index (κ2) is 11.0. The molecule has 0 radical (unpaired) electrons. The number of alkyl halides is 12. The molecule has 12 heteroatoms. The van der Waals surface area contributed by atoms with E-state index < -0.39 is 40.2 Å². The molecule has 0 heterocycles. The molecule has 1 unspecified atom stereocenters. The van der Waals surface area contributed by atoms with E-state index in [0.29, 0.717) is 12.8 Å². The van der Waals surface area contributed by atoms with Crippen molar-refractivity contribution in [3.63, 3.8) is 0 Å². The molecule has 0 aliphatic carbocycles. The summed E-state index contributed by atoms with van der Waals surface area (Å²) >= 11 is 1.28. The first kappa shape index (κ1) is 29.0. The fraction of sp³-hybridized carbons (Fsp3) is 1.00. The van der Waals surface area contributed by atoms with E-state index in [4.69, 9.17) is 0 Å². The number of halogens is 12. The Bertz CT molecular complexity index is 474. The third kappa shape index (κ3) is 7.26. The highest BCUT2D eigenvalue weighted by Crippen LogP contribution is 2.58. The van der Waals surface area contributed by atoms with Crippen molar-refractivity contribution in [2.24, 2.45) is 0 Å². The molecule has 0 amide bonds. The molecule has 0 nitrogen and oxygen atoms in total. The zero-order valence-electron chi connectivity index (χ0n) is 15.7. The van der Waals surface area contributed by atoms with Crippen LogP contribution >= 0.6 is 22.6 Å². The van der Waals surface area contributed by atoms with Crippen molar-refractivity contribution in [1.82, 2.24) is 0 Å².